The van der Waals surface area contributed by atoms with Crippen LogP contribution in [0.1, 0.15) is 23.2 Å². The van der Waals surface area contributed by atoms with Crippen molar-refractivity contribution < 1.29 is 17.6 Å². The zero-order valence-electron chi connectivity index (χ0n) is 17.5. The maximum absolute atomic E-state index is 12.6. The van der Waals surface area contributed by atoms with Crippen molar-refractivity contribution in [2.45, 2.75) is 23.8 Å². The summed E-state index contributed by atoms with van der Waals surface area (Å²) in [5.41, 5.74) is 0.984. The Morgan fingerprint density at radius 2 is 1.88 bits per heavy atom. The Balaban J connectivity index is 1.33. The van der Waals surface area contributed by atoms with Crippen molar-refractivity contribution in [3.63, 3.8) is 0 Å². The molecule has 0 bridgehead atoms. The van der Waals surface area contributed by atoms with Crippen molar-refractivity contribution in [1.82, 2.24) is 9.29 Å². The lowest BCUT2D eigenvalue weighted by Gasteiger charge is -2.16. The molecule has 1 aliphatic rings. The third kappa shape index (κ3) is 4.20. The lowest BCUT2D eigenvalue weighted by Crippen LogP contribution is -2.29. The molecule has 0 spiro atoms. The number of benzene rings is 2. The summed E-state index contributed by atoms with van der Waals surface area (Å²) in [6.07, 6.45) is 1.74. The predicted molar refractivity (Wildman–Crippen MR) is 126 cm³/mol. The first-order valence-corrected chi connectivity index (χ1v) is 12.5. The van der Waals surface area contributed by atoms with Gasteiger partial charge in [-0.3, -0.25) is 10.1 Å². The molecule has 0 aliphatic heterocycles. The van der Waals surface area contributed by atoms with Crippen LogP contribution in [0, 0.1) is 0 Å². The first-order chi connectivity index (χ1) is 15.8. The van der Waals surface area contributed by atoms with Gasteiger partial charge < -0.3 is 4.42 Å². The van der Waals surface area contributed by atoms with Crippen LogP contribution in [0.25, 0.3) is 22.2 Å². The Hall–Kier alpha value is -3.34. The molecule has 1 fully saturated rings. The Kier molecular flexibility index (Phi) is 5.35. The fraction of sp³-hybridized carbons (Fsp3) is 0.174. The number of sulfonamides is 1. The number of para-hydroxylation sites is 1. The zero-order chi connectivity index (χ0) is 23.2. The van der Waals surface area contributed by atoms with E-state index in [4.69, 9.17) is 4.42 Å². The van der Waals surface area contributed by atoms with Gasteiger partial charge in [0.15, 0.2) is 5.13 Å². The van der Waals surface area contributed by atoms with Crippen LogP contribution in [0.3, 0.4) is 0 Å². The molecule has 2 aromatic heterocycles. The van der Waals surface area contributed by atoms with Crippen molar-refractivity contribution in [3.05, 3.63) is 76.0 Å². The van der Waals surface area contributed by atoms with Crippen LogP contribution in [0.5, 0.6) is 0 Å². The van der Waals surface area contributed by atoms with Crippen molar-refractivity contribution in [2.24, 2.45) is 0 Å². The molecule has 1 saturated carbocycles. The smallest absolute Gasteiger partial charge is 0.345 e. The van der Waals surface area contributed by atoms with Crippen molar-refractivity contribution in [3.8, 4) is 11.3 Å². The SMILES string of the molecule is CN(C1CC1)S(=O)(=O)c1ccc(C(=O)Nc2nc(-c3cc4ccccc4oc3=O)cs2)cc1. The molecule has 1 N–H and O–H groups in total. The Labute approximate surface area is 193 Å². The third-order valence-electron chi connectivity index (χ3n) is 5.50. The van der Waals surface area contributed by atoms with E-state index < -0.39 is 21.6 Å². The number of aromatic nitrogens is 1. The molecule has 1 aliphatic carbocycles. The van der Waals surface area contributed by atoms with E-state index in [2.05, 4.69) is 10.3 Å². The van der Waals surface area contributed by atoms with E-state index >= 15 is 0 Å². The molecular formula is C23H19N3O5S2. The summed E-state index contributed by atoms with van der Waals surface area (Å²) in [5.74, 6) is -0.430. The lowest BCUT2D eigenvalue weighted by molar-refractivity contribution is 0.102. The van der Waals surface area contributed by atoms with Gasteiger partial charge in [-0.25, -0.2) is 18.2 Å². The fourth-order valence-corrected chi connectivity index (χ4v) is 5.57. The summed E-state index contributed by atoms with van der Waals surface area (Å²) in [5, 5.41) is 5.44. The maximum atomic E-state index is 12.6. The van der Waals surface area contributed by atoms with Gasteiger partial charge in [0, 0.05) is 29.4 Å². The Morgan fingerprint density at radius 3 is 2.61 bits per heavy atom. The minimum absolute atomic E-state index is 0.0575. The van der Waals surface area contributed by atoms with Crippen LogP contribution >= 0.6 is 11.3 Å². The first-order valence-electron chi connectivity index (χ1n) is 10.2. The number of thiazole rings is 1. The largest absolute Gasteiger partial charge is 0.422 e. The van der Waals surface area contributed by atoms with Crippen LogP contribution in [0.15, 0.2) is 74.1 Å². The number of amides is 1. The van der Waals surface area contributed by atoms with Gasteiger partial charge in [0.2, 0.25) is 10.0 Å². The monoisotopic (exact) mass is 481 g/mol. The molecule has 0 radical (unpaired) electrons. The van der Waals surface area contributed by atoms with Gasteiger partial charge in [0.25, 0.3) is 5.91 Å². The van der Waals surface area contributed by atoms with E-state index in [0.29, 0.717) is 27.5 Å². The molecule has 0 saturated heterocycles. The molecule has 1 amide bonds. The second-order valence-corrected chi connectivity index (χ2v) is 10.6. The second kappa shape index (κ2) is 8.22. The molecule has 8 nitrogen and oxygen atoms in total. The van der Waals surface area contributed by atoms with E-state index in [1.165, 1.54) is 39.9 Å². The Bertz CT molecular complexity index is 1520. The highest BCUT2D eigenvalue weighted by Crippen LogP contribution is 2.30. The number of fused-ring (bicyclic) bond motifs is 1. The van der Waals surface area contributed by atoms with Crippen LogP contribution < -0.4 is 10.9 Å². The highest BCUT2D eigenvalue weighted by molar-refractivity contribution is 7.89. The van der Waals surface area contributed by atoms with Gasteiger partial charge in [-0.1, -0.05) is 18.2 Å². The minimum Gasteiger partial charge on any atom is -0.422 e. The minimum atomic E-state index is -3.57. The maximum Gasteiger partial charge on any atom is 0.345 e. The number of rotatable bonds is 6. The summed E-state index contributed by atoms with van der Waals surface area (Å²) in [6.45, 7) is 0. The van der Waals surface area contributed by atoms with Gasteiger partial charge in [-0.2, -0.15) is 4.31 Å². The highest BCUT2D eigenvalue weighted by Gasteiger charge is 2.35. The van der Waals surface area contributed by atoms with Crippen molar-refractivity contribution in [2.75, 3.05) is 12.4 Å². The average Bonchev–Trinajstić information content (AvgIpc) is 3.57. The summed E-state index contributed by atoms with van der Waals surface area (Å²) in [6, 6.07) is 14.7. The number of carbonyl (C=O) groups is 1. The van der Waals surface area contributed by atoms with E-state index in [-0.39, 0.29) is 10.9 Å². The molecule has 10 heteroatoms. The molecule has 2 heterocycles. The van der Waals surface area contributed by atoms with E-state index in [9.17, 15) is 18.0 Å². The number of hydrogen-bond acceptors (Lipinski definition) is 7. The summed E-state index contributed by atoms with van der Waals surface area (Å²) < 4.78 is 32.0. The average molecular weight is 482 g/mol. The van der Waals surface area contributed by atoms with Crippen molar-refractivity contribution in [1.29, 1.82) is 0 Å². The third-order valence-corrected chi connectivity index (χ3v) is 8.18. The highest BCUT2D eigenvalue weighted by atomic mass is 32.2. The first kappa shape index (κ1) is 21.5. The van der Waals surface area contributed by atoms with Gasteiger partial charge in [-0.05, 0) is 49.2 Å². The summed E-state index contributed by atoms with van der Waals surface area (Å²) >= 11 is 1.18. The number of anilines is 1. The van der Waals surface area contributed by atoms with Gasteiger partial charge in [0.1, 0.15) is 5.58 Å². The molecule has 168 valence electrons. The Morgan fingerprint density at radius 1 is 1.15 bits per heavy atom. The summed E-state index contributed by atoms with van der Waals surface area (Å²) in [7, 11) is -2.00. The molecule has 0 atom stereocenters. The molecular weight excluding hydrogens is 462 g/mol. The molecule has 4 aromatic rings. The lowest BCUT2D eigenvalue weighted by atomic mass is 10.1. The quantitative estimate of drug-likeness (QED) is 0.418. The van der Waals surface area contributed by atoms with Crippen LogP contribution in [0.2, 0.25) is 0 Å². The van der Waals surface area contributed by atoms with E-state index in [0.717, 1.165) is 18.2 Å². The number of nitrogens with zero attached hydrogens (tertiary/aromatic N) is 2. The predicted octanol–water partition coefficient (Wildman–Crippen LogP) is 3.95. The molecule has 0 unspecified atom stereocenters. The summed E-state index contributed by atoms with van der Waals surface area (Å²) in [4.78, 5) is 29.5. The number of nitrogens with one attached hydrogen (secondary N) is 1. The van der Waals surface area contributed by atoms with Gasteiger partial charge in [0.05, 0.1) is 16.2 Å². The second-order valence-electron chi connectivity index (χ2n) is 7.75. The molecule has 2 aromatic carbocycles. The van der Waals surface area contributed by atoms with Crippen LogP contribution in [-0.2, 0) is 10.0 Å². The van der Waals surface area contributed by atoms with Crippen LogP contribution in [0.4, 0.5) is 5.13 Å². The number of carbonyl (C=O) groups excluding carboxylic acids is 1. The van der Waals surface area contributed by atoms with Crippen LogP contribution in [-0.4, -0.2) is 36.7 Å². The number of hydrogen-bond donors (Lipinski definition) is 1. The van der Waals surface area contributed by atoms with Gasteiger partial charge >= 0.3 is 5.63 Å². The van der Waals surface area contributed by atoms with Gasteiger partial charge in [-0.15, -0.1) is 11.3 Å². The standard InChI is InChI=1S/C23H19N3O5S2/c1-26(16-8-9-16)33(29,30)17-10-6-14(7-11-17)21(27)25-23-24-19(13-32-23)18-12-15-4-2-3-5-20(15)31-22(18)28/h2-7,10-13,16H,8-9H2,1H3,(H,24,25,27). The normalized spacial score (nSPS) is 14.0. The molecule has 33 heavy (non-hydrogen) atoms. The van der Waals surface area contributed by atoms with E-state index in [1.807, 2.05) is 12.1 Å². The fourth-order valence-electron chi connectivity index (χ4n) is 3.44. The van der Waals surface area contributed by atoms with Crippen molar-refractivity contribution >= 4 is 43.4 Å². The topological polar surface area (TPSA) is 110 Å². The zero-order valence-corrected chi connectivity index (χ0v) is 19.2. The van der Waals surface area contributed by atoms with E-state index in [1.54, 1.807) is 30.6 Å². The molecule has 5 rings (SSSR count).